The molecule has 1 amide bonds. The molecule has 1 saturated carbocycles. The van der Waals surface area contributed by atoms with Crippen molar-refractivity contribution in [1.29, 1.82) is 0 Å². The monoisotopic (exact) mass is 305 g/mol. The molecule has 3 aliphatic rings. The summed E-state index contributed by atoms with van der Waals surface area (Å²) < 4.78 is 10.7. The Morgan fingerprint density at radius 1 is 1.27 bits per heavy atom. The van der Waals surface area contributed by atoms with Gasteiger partial charge in [-0.15, -0.1) is 0 Å². The Hall–Kier alpha value is -1.43. The minimum absolute atomic E-state index is 0.0728. The molecule has 3 heterocycles. The summed E-state index contributed by atoms with van der Waals surface area (Å²) in [6.45, 7) is 3.01. The molecular formula is C16H23N3O3. The average Bonchev–Trinajstić information content (AvgIpc) is 3.05. The van der Waals surface area contributed by atoms with Crippen molar-refractivity contribution >= 4 is 5.91 Å². The second-order valence-corrected chi connectivity index (χ2v) is 6.88. The van der Waals surface area contributed by atoms with Crippen molar-refractivity contribution < 1.29 is 14.1 Å². The molecule has 22 heavy (non-hydrogen) atoms. The van der Waals surface area contributed by atoms with Gasteiger partial charge in [0, 0.05) is 32.0 Å². The van der Waals surface area contributed by atoms with E-state index in [1.54, 1.807) is 0 Å². The van der Waals surface area contributed by atoms with Crippen molar-refractivity contribution in [3.05, 3.63) is 11.7 Å². The molecule has 120 valence electrons. The van der Waals surface area contributed by atoms with E-state index >= 15 is 0 Å². The van der Waals surface area contributed by atoms with Crippen LogP contribution in [0.1, 0.15) is 49.7 Å². The largest absolute Gasteiger partial charge is 0.381 e. The molecule has 6 heteroatoms. The van der Waals surface area contributed by atoms with Crippen molar-refractivity contribution in [3.63, 3.8) is 0 Å². The van der Waals surface area contributed by atoms with E-state index in [4.69, 9.17) is 9.26 Å². The van der Waals surface area contributed by atoms with Crippen molar-refractivity contribution in [3.8, 4) is 0 Å². The number of amides is 1. The van der Waals surface area contributed by atoms with E-state index in [2.05, 4.69) is 10.1 Å². The van der Waals surface area contributed by atoms with Gasteiger partial charge in [0.1, 0.15) is 0 Å². The average molecular weight is 305 g/mol. The van der Waals surface area contributed by atoms with Gasteiger partial charge in [-0.05, 0) is 38.0 Å². The van der Waals surface area contributed by atoms with Gasteiger partial charge >= 0.3 is 0 Å². The molecule has 0 N–H and O–H groups in total. The molecule has 0 aromatic carbocycles. The molecule has 1 aromatic rings. The molecular weight excluding hydrogens is 282 g/mol. The molecule has 0 bridgehead atoms. The van der Waals surface area contributed by atoms with E-state index in [1.807, 2.05) is 4.90 Å². The topological polar surface area (TPSA) is 68.5 Å². The Bertz CT molecular complexity index is 534. The van der Waals surface area contributed by atoms with Crippen LogP contribution in [0, 0.1) is 11.8 Å². The van der Waals surface area contributed by atoms with Crippen molar-refractivity contribution in [2.24, 2.45) is 11.8 Å². The Morgan fingerprint density at radius 2 is 2.18 bits per heavy atom. The fraction of sp³-hybridized carbons (Fsp3) is 0.812. The first kappa shape index (κ1) is 14.2. The normalized spacial score (nSPS) is 29.0. The van der Waals surface area contributed by atoms with Crippen LogP contribution >= 0.6 is 0 Å². The lowest BCUT2D eigenvalue weighted by Gasteiger charge is -2.33. The molecule has 3 fully saturated rings. The first-order valence-electron chi connectivity index (χ1n) is 8.48. The van der Waals surface area contributed by atoms with E-state index < -0.39 is 0 Å². The molecule has 1 aromatic heterocycles. The number of nitrogens with zero attached hydrogens (tertiary/aromatic N) is 3. The third kappa shape index (κ3) is 3.02. The summed E-state index contributed by atoms with van der Waals surface area (Å²) in [5, 5.41) is 4.08. The van der Waals surface area contributed by atoms with Gasteiger partial charge < -0.3 is 14.2 Å². The molecule has 1 aliphatic carbocycles. The Morgan fingerprint density at radius 3 is 2.95 bits per heavy atom. The minimum atomic E-state index is 0.0728. The van der Waals surface area contributed by atoms with Crippen LogP contribution in [0.4, 0.5) is 0 Å². The maximum Gasteiger partial charge on any atom is 0.228 e. The molecule has 6 nitrogen and oxygen atoms in total. The zero-order chi connectivity index (χ0) is 14.9. The Balaban J connectivity index is 1.34. The standard InChI is InChI=1S/C16H23N3O3/c20-16(13-5-7-21-10-13)19-6-1-2-11(9-19)8-14-17-15(18-22-14)12-3-4-12/h11-13H,1-10H2/t11-,13+/m0/s1. The number of carbonyl (C=O) groups excluding carboxylic acids is 1. The van der Waals surface area contributed by atoms with E-state index in [0.29, 0.717) is 18.4 Å². The second-order valence-electron chi connectivity index (χ2n) is 6.88. The van der Waals surface area contributed by atoms with Crippen molar-refractivity contribution in [1.82, 2.24) is 15.0 Å². The fourth-order valence-corrected chi connectivity index (χ4v) is 3.52. The first-order chi connectivity index (χ1) is 10.8. The van der Waals surface area contributed by atoms with Gasteiger partial charge in [0.25, 0.3) is 0 Å². The predicted molar refractivity (Wildman–Crippen MR) is 78.2 cm³/mol. The summed E-state index contributed by atoms with van der Waals surface area (Å²) >= 11 is 0. The molecule has 0 spiro atoms. The molecule has 0 unspecified atom stereocenters. The number of hydrogen-bond donors (Lipinski definition) is 0. The number of aromatic nitrogens is 2. The number of ether oxygens (including phenoxy) is 1. The van der Waals surface area contributed by atoms with E-state index in [0.717, 1.165) is 57.1 Å². The number of piperidine rings is 1. The number of likely N-dealkylation sites (tertiary alicyclic amines) is 1. The number of hydrogen-bond acceptors (Lipinski definition) is 5. The van der Waals surface area contributed by atoms with Crippen LogP contribution in [-0.4, -0.2) is 47.3 Å². The van der Waals surface area contributed by atoms with Crippen LogP contribution in [0.5, 0.6) is 0 Å². The molecule has 2 atom stereocenters. The lowest BCUT2D eigenvalue weighted by atomic mass is 9.93. The highest BCUT2D eigenvalue weighted by Gasteiger charge is 2.32. The summed E-state index contributed by atoms with van der Waals surface area (Å²) in [5.74, 6) is 2.93. The highest BCUT2D eigenvalue weighted by atomic mass is 16.5. The number of carbonyl (C=O) groups is 1. The van der Waals surface area contributed by atoms with Gasteiger partial charge in [-0.25, -0.2) is 0 Å². The molecule has 4 rings (SSSR count). The van der Waals surface area contributed by atoms with Crippen LogP contribution in [0.3, 0.4) is 0 Å². The van der Waals surface area contributed by atoms with Gasteiger partial charge in [0.05, 0.1) is 12.5 Å². The van der Waals surface area contributed by atoms with Crippen LogP contribution in [-0.2, 0) is 16.0 Å². The Labute approximate surface area is 130 Å². The van der Waals surface area contributed by atoms with Crippen molar-refractivity contribution in [2.45, 2.75) is 44.4 Å². The van der Waals surface area contributed by atoms with Crippen LogP contribution in [0.15, 0.2) is 4.52 Å². The third-order valence-electron chi connectivity index (χ3n) is 5.00. The van der Waals surface area contributed by atoms with Gasteiger partial charge in [0.2, 0.25) is 11.8 Å². The minimum Gasteiger partial charge on any atom is -0.381 e. The molecule has 2 aliphatic heterocycles. The van der Waals surface area contributed by atoms with Gasteiger partial charge in [0.15, 0.2) is 5.82 Å². The predicted octanol–water partition coefficient (Wildman–Crippen LogP) is 1.76. The third-order valence-corrected chi connectivity index (χ3v) is 5.00. The van der Waals surface area contributed by atoms with E-state index in [9.17, 15) is 4.79 Å². The first-order valence-corrected chi connectivity index (χ1v) is 8.48. The van der Waals surface area contributed by atoms with Gasteiger partial charge in [-0.1, -0.05) is 5.16 Å². The Kier molecular flexibility index (Phi) is 3.86. The molecule has 2 saturated heterocycles. The summed E-state index contributed by atoms with van der Waals surface area (Å²) in [4.78, 5) is 19.0. The lowest BCUT2D eigenvalue weighted by molar-refractivity contribution is -0.137. The lowest BCUT2D eigenvalue weighted by Crippen LogP contribution is -2.43. The highest BCUT2D eigenvalue weighted by molar-refractivity contribution is 5.79. The van der Waals surface area contributed by atoms with Crippen LogP contribution < -0.4 is 0 Å². The zero-order valence-electron chi connectivity index (χ0n) is 12.9. The van der Waals surface area contributed by atoms with E-state index in [1.165, 1.54) is 12.8 Å². The number of rotatable bonds is 4. The zero-order valence-corrected chi connectivity index (χ0v) is 12.9. The summed E-state index contributed by atoms with van der Waals surface area (Å²) in [6.07, 6.45) is 6.24. The summed E-state index contributed by atoms with van der Waals surface area (Å²) in [7, 11) is 0. The van der Waals surface area contributed by atoms with E-state index in [-0.39, 0.29) is 11.8 Å². The SMILES string of the molecule is O=C([C@@H]1CCOC1)N1CCC[C@@H](Cc2nc(C3CC3)no2)C1. The smallest absolute Gasteiger partial charge is 0.228 e. The van der Waals surface area contributed by atoms with Crippen LogP contribution in [0.25, 0.3) is 0 Å². The summed E-state index contributed by atoms with van der Waals surface area (Å²) in [5.41, 5.74) is 0. The quantitative estimate of drug-likeness (QED) is 0.848. The van der Waals surface area contributed by atoms with Crippen molar-refractivity contribution in [2.75, 3.05) is 26.3 Å². The van der Waals surface area contributed by atoms with Gasteiger partial charge in [-0.3, -0.25) is 4.79 Å². The fourth-order valence-electron chi connectivity index (χ4n) is 3.52. The molecule has 0 radical (unpaired) electrons. The van der Waals surface area contributed by atoms with Crippen LogP contribution in [0.2, 0.25) is 0 Å². The second kappa shape index (κ2) is 5.99. The summed E-state index contributed by atoms with van der Waals surface area (Å²) in [6, 6.07) is 0. The maximum atomic E-state index is 12.5. The van der Waals surface area contributed by atoms with Gasteiger partial charge in [-0.2, -0.15) is 4.98 Å². The highest BCUT2D eigenvalue weighted by Crippen LogP contribution is 2.38. The maximum absolute atomic E-state index is 12.5.